The number of aromatic nitrogens is 4. The SMILES string of the molecule is CC(C)CCn1c(=O)c2c(nc3n2CCN3c2ccc(Br)cc2)n(C)c1=O. The van der Waals surface area contributed by atoms with Gasteiger partial charge in [-0.25, -0.2) is 4.79 Å². The Bertz CT molecular complexity index is 1120. The molecule has 7 nitrogen and oxygen atoms in total. The number of imidazole rings is 1. The molecule has 0 spiro atoms. The second-order valence-electron chi connectivity index (χ2n) is 7.34. The van der Waals surface area contributed by atoms with Crippen LogP contribution in [0.15, 0.2) is 38.3 Å². The van der Waals surface area contributed by atoms with E-state index in [0.717, 1.165) is 23.1 Å². The average Bonchev–Trinajstić information content (AvgIpc) is 3.19. The van der Waals surface area contributed by atoms with E-state index in [-0.39, 0.29) is 11.2 Å². The van der Waals surface area contributed by atoms with Crippen molar-refractivity contribution in [1.82, 2.24) is 18.7 Å². The predicted octanol–water partition coefficient (Wildman–Crippen LogP) is 2.86. The van der Waals surface area contributed by atoms with E-state index in [2.05, 4.69) is 39.7 Å². The normalized spacial score (nSPS) is 13.7. The van der Waals surface area contributed by atoms with E-state index in [1.807, 2.05) is 28.8 Å². The van der Waals surface area contributed by atoms with Crippen molar-refractivity contribution in [3.05, 3.63) is 49.6 Å². The first kappa shape index (κ1) is 18.0. The van der Waals surface area contributed by atoms with Gasteiger partial charge in [0.2, 0.25) is 5.95 Å². The third kappa shape index (κ3) is 2.92. The first-order valence-electron chi connectivity index (χ1n) is 9.11. The summed E-state index contributed by atoms with van der Waals surface area (Å²) >= 11 is 3.45. The first-order valence-corrected chi connectivity index (χ1v) is 9.91. The van der Waals surface area contributed by atoms with E-state index in [4.69, 9.17) is 0 Å². The number of hydrogen-bond donors (Lipinski definition) is 0. The highest BCUT2D eigenvalue weighted by atomic mass is 79.9. The molecule has 0 saturated heterocycles. The molecular weight excluding hydrogens is 410 g/mol. The van der Waals surface area contributed by atoms with Crippen molar-refractivity contribution in [2.45, 2.75) is 33.4 Å². The summed E-state index contributed by atoms with van der Waals surface area (Å²) in [4.78, 5) is 32.5. The lowest BCUT2D eigenvalue weighted by Crippen LogP contribution is -2.40. The monoisotopic (exact) mass is 431 g/mol. The Morgan fingerprint density at radius 3 is 2.52 bits per heavy atom. The van der Waals surface area contributed by atoms with Crippen LogP contribution in [0.25, 0.3) is 11.2 Å². The van der Waals surface area contributed by atoms with Crippen molar-refractivity contribution < 1.29 is 0 Å². The molecule has 0 N–H and O–H groups in total. The summed E-state index contributed by atoms with van der Waals surface area (Å²) in [6, 6.07) is 7.99. The smallest absolute Gasteiger partial charge is 0.310 e. The summed E-state index contributed by atoms with van der Waals surface area (Å²) < 4.78 is 5.78. The van der Waals surface area contributed by atoms with Gasteiger partial charge in [0.05, 0.1) is 0 Å². The number of hydrogen-bond acceptors (Lipinski definition) is 4. The van der Waals surface area contributed by atoms with E-state index in [9.17, 15) is 9.59 Å². The molecule has 0 atom stereocenters. The number of nitrogens with zero attached hydrogens (tertiary/aromatic N) is 5. The van der Waals surface area contributed by atoms with Crippen LogP contribution in [0.3, 0.4) is 0 Å². The minimum absolute atomic E-state index is 0.245. The fourth-order valence-corrected chi connectivity index (χ4v) is 3.79. The second-order valence-corrected chi connectivity index (χ2v) is 8.26. The molecular formula is C19H22BrN5O2. The van der Waals surface area contributed by atoms with E-state index >= 15 is 0 Å². The fraction of sp³-hybridized carbons (Fsp3) is 0.421. The lowest BCUT2D eigenvalue weighted by Gasteiger charge is -2.15. The Morgan fingerprint density at radius 1 is 1.15 bits per heavy atom. The Labute approximate surface area is 165 Å². The van der Waals surface area contributed by atoms with Crippen molar-refractivity contribution in [2.75, 3.05) is 11.4 Å². The Kier molecular flexibility index (Phi) is 4.46. The zero-order valence-electron chi connectivity index (χ0n) is 15.6. The highest BCUT2D eigenvalue weighted by Crippen LogP contribution is 2.32. The lowest BCUT2D eigenvalue weighted by atomic mass is 10.1. The highest BCUT2D eigenvalue weighted by molar-refractivity contribution is 9.10. The molecule has 1 aliphatic heterocycles. The minimum Gasteiger partial charge on any atom is -0.310 e. The maximum Gasteiger partial charge on any atom is 0.332 e. The van der Waals surface area contributed by atoms with Crippen LogP contribution >= 0.6 is 15.9 Å². The number of aryl methyl sites for hydroxylation is 1. The van der Waals surface area contributed by atoms with Crippen molar-refractivity contribution in [2.24, 2.45) is 13.0 Å². The van der Waals surface area contributed by atoms with Crippen molar-refractivity contribution >= 4 is 38.7 Å². The molecule has 0 saturated carbocycles. The van der Waals surface area contributed by atoms with Crippen LogP contribution in [0.5, 0.6) is 0 Å². The highest BCUT2D eigenvalue weighted by Gasteiger charge is 2.28. The third-order valence-corrected chi connectivity index (χ3v) is 5.60. The van der Waals surface area contributed by atoms with Gasteiger partial charge >= 0.3 is 5.69 Å². The zero-order valence-corrected chi connectivity index (χ0v) is 17.2. The van der Waals surface area contributed by atoms with Gasteiger partial charge in [0, 0.05) is 36.8 Å². The molecule has 4 rings (SSSR count). The number of fused-ring (bicyclic) bond motifs is 3. The molecule has 0 aliphatic carbocycles. The molecule has 0 fully saturated rings. The van der Waals surface area contributed by atoms with Gasteiger partial charge < -0.3 is 9.47 Å². The number of anilines is 2. The molecule has 2 aromatic heterocycles. The summed E-state index contributed by atoms with van der Waals surface area (Å²) in [5, 5.41) is 0. The number of halogens is 1. The van der Waals surface area contributed by atoms with Crippen LogP contribution in [-0.4, -0.2) is 25.2 Å². The number of benzene rings is 1. The van der Waals surface area contributed by atoms with Crippen LogP contribution in [0, 0.1) is 5.92 Å². The van der Waals surface area contributed by atoms with Crippen molar-refractivity contribution in [3.8, 4) is 0 Å². The van der Waals surface area contributed by atoms with Crippen LogP contribution in [-0.2, 0) is 20.1 Å². The molecule has 8 heteroatoms. The topological polar surface area (TPSA) is 65.1 Å². The van der Waals surface area contributed by atoms with Crippen LogP contribution in [0.2, 0.25) is 0 Å². The van der Waals surface area contributed by atoms with Gasteiger partial charge in [-0.15, -0.1) is 0 Å². The van der Waals surface area contributed by atoms with E-state index in [1.165, 1.54) is 9.13 Å². The van der Waals surface area contributed by atoms with Gasteiger partial charge in [-0.05, 0) is 36.6 Å². The summed E-state index contributed by atoms with van der Waals surface area (Å²) in [7, 11) is 1.68. The molecule has 142 valence electrons. The predicted molar refractivity (Wildman–Crippen MR) is 110 cm³/mol. The Balaban J connectivity index is 1.88. The molecule has 0 amide bonds. The Hall–Kier alpha value is -2.35. The van der Waals surface area contributed by atoms with Crippen molar-refractivity contribution in [3.63, 3.8) is 0 Å². The van der Waals surface area contributed by atoms with Gasteiger partial charge in [0.1, 0.15) is 0 Å². The second kappa shape index (κ2) is 6.67. The summed E-state index contributed by atoms with van der Waals surface area (Å²) in [5.74, 6) is 1.13. The van der Waals surface area contributed by atoms with Gasteiger partial charge in [-0.3, -0.25) is 13.9 Å². The fourth-order valence-electron chi connectivity index (χ4n) is 3.53. The zero-order chi connectivity index (χ0) is 19.3. The van der Waals surface area contributed by atoms with Crippen LogP contribution < -0.4 is 16.1 Å². The maximum absolute atomic E-state index is 13.1. The average molecular weight is 432 g/mol. The van der Waals surface area contributed by atoms with Gasteiger partial charge in [-0.2, -0.15) is 4.98 Å². The molecule has 0 radical (unpaired) electrons. The molecule has 3 heterocycles. The quantitative estimate of drug-likeness (QED) is 0.636. The largest absolute Gasteiger partial charge is 0.332 e. The first-order chi connectivity index (χ1) is 12.9. The van der Waals surface area contributed by atoms with E-state index in [1.54, 1.807) is 7.05 Å². The van der Waals surface area contributed by atoms with E-state index < -0.39 is 0 Å². The summed E-state index contributed by atoms with van der Waals surface area (Å²) in [6.45, 7) is 6.01. The van der Waals surface area contributed by atoms with Crippen LogP contribution in [0.4, 0.5) is 11.6 Å². The molecule has 0 unspecified atom stereocenters. The lowest BCUT2D eigenvalue weighted by molar-refractivity contribution is 0.487. The third-order valence-electron chi connectivity index (χ3n) is 5.07. The summed E-state index contributed by atoms with van der Waals surface area (Å²) in [5.41, 5.74) is 1.42. The molecule has 1 aromatic carbocycles. The van der Waals surface area contributed by atoms with Gasteiger partial charge in [0.15, 0.2) is 11.2 Å². The van der Waals surface area contributed by atoms with Crippen molar-refractivity contribution in [1.29, 1.82) is 0 Å². The molecule has 0 bridgehead atoms. The van der Waals surface area contributed by atoms with Gasteiger partial charge in [-0.1, -0.05) is 29.8 Å². The van der Waals surface area contributed by atoms with Gasteiger partial charge in [0.25, 0.3) is 5.56 Å². The number of rotatable bonds is 4. The molecule has 1 aliphatic rings. The standard InChI is InChI=1S/C19H22BrN5O2/c1-12(2)8-9-25-17(26)15-16(22(3)19(25)27)21-18-23(10-11-24(15)18)14-6-4-13(20)5-7-14/h4-7,12H,8-11H2,1-3H3. The maximum atomic E-state index is 13.1. The van der Waals surface area contributed by atoms with Crippen LogP contribution in [0.1, 0.15) is 20.3 Å². The van der Waals surface area contributed by atoms with E-state index in [0.29, 0.717) is 36.1 Å². The molecule has 27 heavy (non-hydrogen) atoms. The minimum atomic E-state index is -0.305. The molecule has 3 aromatic rings. The Morgan fingerprint density at radius 2 is 1.85 bits per heavy atom. The summed E-state index contributed by atoms with van der Waals surface area (Å²) in [6.07, 6.45) is 0.784.